The van der Waals surface area contributed by atoms with E-state index in [9.17, 15) is 28.8 Å². The van der Waals surface area contributed by atoms with Crippen molar-refractivity contribution in [3.05, 3.63) is 11.6 Å². The van der Waals surface area contributed by atoms with Crippen molar-refractivity contribution in [2.45, 2.75) is 113 Å². The van der Waals surface area contributed by atoms with Gasteiger partial charge in [0, 0.05) is 39.0 Å². The molecule has 260 valence electrons. The molecule has 0 aliphatic heterocycles. The summed E-state index contributed by atoms with van der Waals surface area (Å²) in [5.41, 5.74) is -3.57. The quantitative estimate of drug-likeness (QED) is 0.287. The second-order valence-corrected chi connectivity index (χ2v) is 16.4. The fourth-order valence-electron chi connectivity index (χ4n) is 11.8. The zero-order valence-electron chi connectivity index (χ0n) is 29.7. The van der Waals surface area contributed by atoms with Crippen LogP contribution in [-0.4, -0.2) is 61.4 Å². The zero-order chi connectivity index (χ0) is 35.1. The molecule has 10 nitrogen and oxygen atoms in total. The molecule has 0 saturated heterocycles. The van der Waals surface area contributed by atoms with E-state index in [1.54, 1.807) is 13.0 Å². The molecule has 0 unspecified atom stereocenters. The Balaban J connectivity index is 1.72. The Morgan fingerprint density at radius 2 is 1.51 bits per heavy atom. The van der Waals surface area contributed by atoms with Crippen LogP contribution in [0.4, 0.5) is 0 Å². The lowest BCUT2D eigenvalue weighted by Gasteiger charge is -2.70. The third-order valence-corrected chi connectivity index (χ3v) is 13.8. The predicted octanol–water partition coefficient (Wildman–Crippen LogP) is 5.19. The van der Waals surface area contributed by atoms with Crippen LogP contribution in [0.15, 0.2) is 11.6 Å². The van der Waals surface area contributed by atoms with E-state index in [4.69, 9.17) is 18.9 Å². The number of esters is 4. The van der Waals surface area contributed by atoms with E-state index in [1.165, 1.54) is 27.9 Å². The molecule has 0 heterocycles. The smallest absolute Gasteiger partial charge is 0.312 e. The maximum atomic E-state index is 14.9. The Morgan fingerprint density at radius 1 is 0.872 bits per heavy atom. The van der Waals surface area contributed by atoms with E-state index in [0.29, 0.717) is 25.2 Å². The fraction of sp³-hybridized carbons (Fsp3) is 0.784. The number of allylic oxidation sites excluding steroid dienone is 2. The van der Waals surface area contributed by atoms with Gasteiger partial charge in [0.25, 0.3) is 0 Å². The maximum absolute atomic E-state index is 14.9. The van der Waals surface area contributed by atoms with Crippen LogP contribution in [0.25, 0.3) is 0 Å². The van der Waals surface area contributed by atoms with Crippen molar-refractivity contribution in [3.8, 4) is 0 Å². The minimum Gasteiger partial charge on any atom is -0.469 e. The average Bonchev–Trinajstić information content (AvgIpc) is 2.95. The summed E-state index contributed by atoms with van der Waals surface area (Å²) in [6, 6.07) is 0. The minimum absolute atomic E-state index is 0.0834. The fourth-order valence-corrected chi connectivity index (χ4v) is 11.8. The van der Waals surface area contributed by atoms with Crippen LogP contribution in [0.3, 0.4) is 0 Å². The Labute approximate surface area is 278 Å². The summed E-state index contributed by atoms with van der Waals surface area (Å²) in [6.45, 7) is 15.7. The lowest BCUT2D eigenvalue weighted by molar-refractivity contribution is -0.244. The van der Waals surface area contributed by atoms with E-state index < -0.39 is 69.0 Å². The largest absolute Gasteiger partial charge is 0.469 e. The van der Waals surface area contributed by atoms with E-state index in [0.717, 1.165) is 12.0 Å². The normalized spacial score (nSPS) is 45.6. The van der Waals surface area contributed by atoms with Gasteiger partial charge in [0.1, 0.15) is 24.6 Å². The Bertz CT molecular complexity index is 1430. The third kappa shape index (κ3) is 4.93. The van der Waals surface area contributed by atoms with Gasteiger partial charge in [-0.1, -0.05) is 47.1 Å². The molecule has 5 aliphatic rings. The second kappa shape index (κ2) is 11.5. The van der Waals surface area contributed by atoms with Crippen molar-refractivity contribution in [1.29, 1.82) is 0 Å². The molecule has 4 saturated carbocycles. The highest BCUT2D eigenvalue weighted by molar-refractivity contribution is 5.99. The van der Waals surface area contributed by atoms with Crippen molar-refractivity contribution in [3.63, 3.8) is 0 Å². The summed E-state index contributed by atoms with van der Waals surface area (Å²) >= 11 is 0. The molecule has 4 fully saturated rings. The lowest BCUT2D eigenvalue weighted by Crippen LogP contribution is -2.73. The number of carbonyl (C=O) groups is 6. The highest BCUT2D eigenvalue weighted by Crippen LogP contribution is 2.75. The van der Waals surface area contributed by atoms with Gasteiger partial charge in [-0.25, -0.2) is 0 Å². The first-order valence-electron chi connectivity index (χ1n) is 17.1. The van der Waals surface area contributed by atoms with E-state index >= 15 is 0 Å². The van der Waals surface area contributed by atoms with E-state index in [1.807, 2.05) is 13.8 Å². The standard InChI is InChI=1S/C37H52O10/c1-19-11-12-37(32(43)44-10)14-13-35(8)24(28(37)20(19)2)15-25(41)30-33(6)17-27(46-22(4)39)31(47-23(5)40)34(7,18-45-21(3)38)29(33)26(42)16-36(30,35)9/h15,19-20,27-31H,11-14,16-18H2,1-10H3/t19-,20+,27-,28+,29-,30-,31+,33+,34+,35-,36-,37+/m1/s1. The topological polar surface area (TPSA) is 139 Å². The first-order chi connectivity index (χ1) is 21.7. The first-order valence-corrected chi connectivity index (χ1v) is 17.1. The van der Waals surface area contributed by atoms with Crippen molar-refractivity contribution in [1.82, 2.24) is 0 Å². The third-order valence-electron chi connectivity index (χ3n) is 13.8. The predicted molar refractivity (Wildman–Crippen MR) is 169 cm³/mol. The molecule has 0 aromatic rings. The summed E-state index contributed by atoms with van der Waals surface area (Å²) in [5, 5.41) is 0. The molecule has 0 bridgehead atoms. The number of Topliss-reactive ketones (excluding diaryl/α,β-unsaturated/α-hetero) is 1. The van der Waals surface area contributed by atoms with Crippen molar-refractivity contribution >= 4 is 35.4 Å². The monoisotopic (exact) mass is 656 g/mol. The molecular weight excluding hydrogens is 604 g/mol. The van der Waals surface area contributed by atoms with Crippen molar-refractivity contribution < 1.29 is 47.7 Å². The number of methoxy groups -OCH3 is 1. The minimum atomic E-state index is -1.30. The summed E-state index contributed by atoms with van der Waals surface area (Å²) in [5.74, 6) is -3.52. The van der Waals surface area contributed by atoms with Gasteiger partial charge < -0.3 is 18.9 Å². The molecule has 0 aromatic carbocycles. The van der Waals surface area contributed by atoms with Crippen LogP contribution >= 0.6 is 0 Å². The number of hydrogen-bond acceptors (Lipinski definition) is 10. The van der Waals surface area contributed by atoms with Crippen LogP contribution in [0.5, 0.6) is 0 Å². The molecular formula is C37H52O10. The molecule has 10 heteroatoms. The highest BCUT2D eigenvalue weighted by Gasteiger charge is 2.75. The number of fused-ring (bicyclic) bond motifs is 7. The summed E-state index contributed by atoms with van der Waals surface area (Å²) < 4.78 is 22.6. The molecule has 0 N–H and O–H groups in total. The van der Waals surface area contributed by atoms with Gasteiger partial charge in [0.05, 0.1) is 17.9 Å². The Kier molecular flexibility index (Phi) is 8.66. The SMILES string of the molecule is COC(=O)[C@]12CC[C@@H](C)[C@H](C)[C@H]1C1=CC(=O)[C@@H]3[C@@]4(C)C[C@@H](OC(C)=O)[C@H](OC(C)=O)[C@@](C)(COC(C)=O)[C@@H]4C(=O)C[C@@]3(C)[C@]1(C)CC2. The van der Waals surface area contributed by atoms with Gasteiger partial charge in [0.2, 0.25) is 0 Å². The molecule has 47 heavy (non-hydrogen) atoms. The number of carbonyl (C=O) groups excluding carboxylic acids is 6. The van der Waals surface area contributed by atoms with Crippen LogP contribution < -0.4 is 0 Å². The Morgan fingerprint density at radius 3 is 2.09 bits per heavy atom. The van der Waals surface area contributed by atoms with Crippen LogP contribution in [0.2, 0.25) is 0 Å². The van der Waals surface area contributed by atoms with Gasteiger partial charge in [0.15, 0.2) is 5.78 Å². The molecule has 12 atom stereocenters. The van der Waals surface area contributed by atoms with Gasteiger partial charge in [-0.15, -0.1) is 0 Å². The molecule has 5 rings (SSSR count). The number of hydrogen-bond donors (Lipinski definition) is 0. The van der Waals surface area contributed by atoms with Crippen LogP contribution in [-0.2, 0) is 47.7 Å². The van der Waals surface area contributed by atoms with Crippen LogP contribution in [0.1, 0.15) is 101 Å². The van der Waals surface area contributed by atoms with Crippen molar-refractivity contribution in [2.24, 2.45) is 56.7 Å². The molecule has 5 aliphatic carbocycles. The molecule has 0 radical (unpaired) electrons. The van der Waals surface area contributed by atoms with E-state index in [-0.39, 0.29) is 48.8 Å². The van der Waals surface area contributed by atoms with Crippen LogP contribution in [0, 0.1) is 56.7 Å². The summed E-state index contributed by atoms with van der Waals surface area (Å²) in [7, 11) is 1.43. The summed E-state index contributed by atoms with van der Waals surface area (Å²) in [4.78, 5) is 80.4. The molecule has 0 amide bonds. The maximum Gasteiger partial charge on any atom is 0.312 e. The molecule has 0 aromatic heterocycles. The number of rotatable bonds is 5. The Hall–Kier alpha value is -3.04. The highest BCUT2D eigenvalue weighted by atomic mass is 16.6. The first kappa shape index (κ1) is 35.3. The van der Waals surface area contributed by atoms with Gasteiger partial charge in [-0.3, -0.25) is 28.8 Å². The molecule has 0 spiro atoms. The lowest BCUT2D eigenvalue weighted by atomic mass is 9.32. The van der Waals surface area contributed by atoms with Crippen molar-refractivity contribution in [2.75, 3.05) is 13.7 Å². The van der Waals surface area contributed by atoms with Gasteiger partial charge in [-0.05, 0) is 72.2 Å². The van der Waals surface area contributed by atoms with Gasteiger partial charge in [-0.2, -0.15) is 0 Å². The number of ether oxygens (including phenoxy) is 4. The summed E-state index contributed by atoms with van der Waals surface area (Å²) in [6.07, 6.45) is 2.67. The zero-order valence-corrected chi connectivity index (χ0v) is 29.7. The second-order valence-electron chi connectivity index (χ2n) is 16.4. The average molecular weight is 657 g/mol. The van der Waals surface area contributed by atoms with Gasteiger partial charge >= 0.3 is 23.9 Å². The number of ketones is 2. The van der Waals surface area contributed by atoms with E-state index in [2.05, 4.69) is 20.8 Å².